The first-order valence-electron chi connectivity index (χ1n) is 3.29. The van der Waals surface area contributed by atoms with E-state index in [0.717, 1.165) is 0 Å². The molecular formula is C8H7NO3. The Morgan fingerprint density at radius 3 is 2.67 bits per heavy atom. The number of non-ortho nitro benzene ring substituents is 1. The lowest BCUT2D eigenvalue weighted by atomic mass is 10.1. The van der Waals surface area contributed by atoms with Crippen molar-refractivity contribution in [2.45, 2.75) is 6.61 Å². The molecule has 0 heterocycles. The number of hydrogen-bond donors (Lipinski definition) is 1. The van der Waals surface area contributed by atoms with Gasteiger partial charge in [0.15, 0.2) is 0 Å². The van der Waals surface area contributed by atoms with Gasteiger partial charge in [-0.1, -0.05) is 0 Å². The average molecular weight is 165 g/mol. The number of nitrogens with zero attached hydrogens (tertiary/aromatic N) is 1. The number of hydrogen-bond acceptors (Lipinski definition) is 3. The van der Waals surface area contributed by atoms with Gasteiger partial charge >= 0.3 is 0 Å². The number of benzene rings is 1. The van der Waals surface area contributed by atoms with E-state index in [0.29, 0.717) is 5.56 Å². The normalized spacial score (nSPS) is 9.83. The first-order valence-corrected chi connectivity index (χ1v) is 3.29. The van der Waals surface area contributed by atoms with E-state index in [1.54, 1.807) is 0 Å². The van der Waals surface area contributed by atoms with Gasteiger partial charge in [-0.2, -0.15) is 0 Å². The second-order valence-corrected chi connectivity index (χ2v) is 2.30. The smallest absolute Gasteiger partial charge is 0.269 e. The summed E-state index contributed by atoms with van der Waals surface area (Å²) in [5.74, 6) is 0. The summed E-state index contributed by atoms with van der Waals surface area (Å²) >= 11 is 0. The monoisotopic (exact) mass is 165 g/mol. The van der Waals surface area contributed by atoms with Crippen LogP contribution in [0.15, 0.2) is 18.2 Å². The van der Waals surface area contributed by atoms with E-state index >= 15 is 0 Å². The van der Waals surface area contributed by atoms with Gasteiger partial charge in [-0.25, -0.2) is 0 Å². The van der Waals surface area contributed by atoms with Crippen LogP contribution in [0.3, 0.4) is 0 Å². The summed E-state index contributed by atoms with van der Waals surface area (Å²) in [6.07, 6.45) is 0. The van der Waals surface area contributed by atoms with Crippen LogP contribution >= 0.6 is 0 Å². The molecule has 0 aromatic heterocycles. The Hall–Kier alpha value is -1.42. The molecule has 0 aliphatic carbocycles. The highest BCUT2D eigenvalue weighted by Crippen LogP contribution is 2.16. The summed E-state index contributed by atoms with van der Waals surface area (Å²) in [5.41, 5.74) is 0.678. The highest BCUT2D eigenvalue weighted by molar-refractivity contribution is 5.40. The molecule has 4 nitrogen and oxygen atoms in total. The third kappa shape index (κ3) is 1.60. The van der Waals surface area contributed by atoms with Gasteiger partial charge in [-0.15, -0.1) is 0 Å². The summed E-state index contributed by atoms with van der Waals surface area (Å²) in [5, 5.41) is 18.9. The highest BCUT2D eigenvalue weighted by atomic mass is 16.6. The molecule has 0 spiro atoms. The van der Waals surface area contributed by atoms with Crippen LogP contribution in [0.1, 0.15) is 11.1 Å². The average Bonchev–Trinajstić information content (AvgIpc) is 2.04. The lowest BCUT2D eigenvalue weighted by Gasteiger charge is -1.99. The molecule has 1 N–H and O–H groups in total. The maximum atomic E-state index is 10.2. The molecule has 12 heavy (non-hydrogen) atoms. The van der Waals surface area contributed by atoms with Crippen LogP contribution in [-0.2, 0) is 6.61 Å². The molecule has 0 saturated carbocycles. The third-order valence-electron chi connectivity index (χ3n) is 1.51. The largest absolute Gasteiger partial charge is 0.392 e. The third-order valence-corrected chi connectivity index (χ3v) is 1.51. The van der Waals surface area contributed by atoms with E-state index in [9.17, 15) is 10.1 Å². The first kappa shape index (κ1) is 8.67. The van der Waals surface area contributed by atoms with E-state index < -0.39 is 4.92 Å². The van der Waals surface area contributed by atoms with Gasteiger partial charge < -0.3 is 5.11 Å². The standard InChI is InChI=1S/C8H7NO3/c1-6-4-8(9(11)12)3-2-7(6)5-10/h1-4,10H,5H2. The molecule has 1 aromatic carbocycles. The molecule has 0 atom stereocenters. The molecule has 0 fully saturated rings. The van der Waals surface area contributed by atoms with Crippen LogP contribution in [0.25, 0.3) is 0 Å². The van der Waals surface area contributed by atoms with Crippen molar-refractivity contribution >= 4 is 5.69 Å². The predicted octanol–water partition coefficient (Wildman–Crippen LogP) is 1.15. The molecule has 0 saturated heterocycles. The zero-order valence-electron chi connectivity index (χ0n) is 6.23. The summed E-state index contributed by atoms with van der Waals surface area (Å²) in [7, 11) is 0. The molecule has 1 rings (SSSR count). The van der Waals surface area contributed by atoms with Crippen molar-refractivity contribution in [2.24, 2.45) is 0 Å². The minimum atomic E-state index is -0.530. The number of nitro groups is 1. The lowest BCUT2D eigenvalue weighted by molar-refractivity contribution is -0.384. The van der Waals surface area contributed by atoms with Gasteiger partial charge in [-0.05, 0) is 24.1 Å². The van der Waals surface area contributed by atoms with Gasteiger partial charge in [0.2, 0.25) is 0 Å². The SMILES string of the molecule is [CH]c1cc([N+](=O)[O-])ccc1CO. The van der Waals surface area contributed by atoms with Crippen molar-refractivity contribution in [3.63, 3.8) is 0 Å². The maximum absolute atomic E-state index is 10.2. The molecule has 1 aromatic rings. The van der Waals surface area contributed by atoms with Crippen molar-refractivity contribution in [3.05, 3.63) is 46.4 Å². The molecule has 2 radical (unpaired) electrons. The highest BCUT2D eigenvalue weighted by Gasteiger charge is 2.06. The summed E-state index contributed by atoms with van der Waals surface area (Å²) in [6, 6.07) is 3.97. The van der Waals surface area contributed by atoms with Crippen LogP contribution in [0.2, 0.25) is 0 Å². The predicted molar refractivity (Wildman–Crippen MR) is 42.4 cm³/mol. The zero-order chi connectivity index (χ0) is 9.14. The van der Waals surface area contributed by atoms with E-state index in [1.165, 1.54) is 18.2 Å². The van der Waals surface area contributed by atoms with Crippen LogP contribution in [0, 0.1) is 17.0 Å². The zero-order valence-corrected chi connectivity index (χ0v) is 6.23. The molecule has 4 heteroatoms. The Kier molecular flexibility index (Phi) is 2.40. The minimum absolute atomic E-state index is 0.0651. The van der Waals surface area contributed by atoms with Crippen molar-refractivity contribution in [3.8, 4) is 0 Å². The van der Waals surface area contributed by atoms with E-state index in [1.807, 2.05) is 0 Å². The van der Waals surface area contributed by atoms with Crippen molar-refractivity contribution in [1.82, 2.24) is 0 Å². The van der Waals surface area contributed by atoms with Crippen LogP contribution in [0.5, 0.6) is 0 Å². The molecular weight excluding hydrogens is 158 g/mol. The van der Waals surface area contributed by atoms with Gasteiger partial charge in [0.25, 0.3) is 5.69 Å². The summed E-state index contributed by atoms with van der Waals surface area (Å²) in [6.45, 7) is 5.20. The van der Waals surface area contributed by atoms with Crippen LogP contribution in [-0.4, -0.2) is 10.0 Å². The fraction of sp³-hybridized carbons (Fsp3) is 0.125. The summed E-state index contributed by atoms with van der Waals surface area (Å²) in [4.78, 5) is 9.71. The maximum Gasteiger partial charge on any atom is 0.269 e. The Bertz CT molecular complexity index is 309. The van der Waals surface area contributed by atoms with E-state index in [2.05, 4.69) is 0 Å². The number of aliphatic hydroxyl groups excluding tert-OH is 1. The van der Waals surface area contributed by atoms with Gasteiger partial charge in [-0.3, -0.25) is 10.1 Å². The van der Waals surface area contributed by atoms with Gasteiger partial charge in [0, 0.05) is 12.1 Å². The van der Waals surface area contributed by atoms with Crippen molar-refractivity contribution < 1.29 is 10.0 Å². The second kappa shape index (κ2) is 3.32. The quantitative estimate of drug-likeness (QED) is 0.528. The Labute approximate surface area is 69.6 Å². The fourth-order valence-electron chi connectivity index (χ4n) is 0.840. The summed E-state index contributed by atoms with van der Waals surface area (Å²) < 4.78 is 0. The Morgan fingerprint density at radius 1 is 1.58 bits per heavy atom. The van der Waals surface area contributed by atoms with E-state index in [4.69, 9.17) is 12.0 Å². The Morgan fingerprint density at radius 2 is 2.25 bits per heavy atom. The Balaban J connectivity index is 3.10. The number of rotatable bonds is 2. The number of aliphatic hydroxyl groups is 1. The van der Waals surface area contributed by atoms with Crippen molar-refractivity contribution in [1.29, 1.82) is 0 Å². The lowest BCUT2D eigenvalue weighted by Crippen LogP contribution is -1.92. The molecule has 0 aliphatic heterocycles. The second-order valence-electron chi connectivity index (χ2n) is 2.30. The molecule has 0 aliphatic rings. The fourth-order valence-corrected chi connectivity index (χ4v) is 0.840. The minimum Gasteiger partial charge on any atom is -0.392 e. The van der Waals surface area contributed by atoms with Crippen molar-refractivity contribution in [2.75, 3.05) is 0 Å². The van der Waals surface area contributed by atoms with E-state index in [-0.39, 0.29) is 17.9 Å². The first-order chi connectivity index (χ1) is 5.65. The topological polar surface area (TPSA) is 63.4 Å². The van der Waals surface area contributed by atoms with Crippen LogP contribution in [0.4, 0.5) is 5.69 Å². The molecule has 0 unspecified atom stereocenters. The molecule has 0 amide bonds. The van der Waals surface area contributed by atoms with Crippen LogP contribution < -0.4 is 0 Å². The number of nitro benzene ring substituents is 1. The molecule has 62 valence electrons. The molecule has 0 bridgehead atoms. The van der Waals surface area contributed by atoms with Gasteiger partial charge in [0.05, 0.1) is 11.5 Å². The van der Waals surface area contributed by atoms with Gasteiger partial charge in [0.1, 0.15) is 0 Å².